The molecule has 0 radical (unpaired) electrons. The van der Waals surface area contributed by atoms with Gasteiger partial charge < -0.3 is 9.64 Å². The molecule has 1 atom stereocenters. The van der Waals surface area contributed by atoms with E-state index in [1.54, 1.807) is 6.07 Å². The van der Waals surface area contributed by atoms with Crippen LogP contribution < -0.4 is 9.64 Å². The van der Waals surface area contributed by atoms with Crippen LogP contribution in [0.25, 0.3) is 10.9 Å². The number of anilines is 1. The summed E-state index contributed by atoms with van der Waals surface area (Å²) in [5.74, 6) is 1.78. The second kappa shape index (κ2) is 6.05. The molecule has 2 heterocycles. The number of rotatable bonds is 2. The van der Waals surface area contributed by atoms with Crippen molar-refractivity contribution in [2.75, 3.05) is 30.9 Å². The molecular formula is C15H18FN3OS. The molecule has 6 heteroatoms. The number of thioether (sulfide) groups is 1. The Kier molecular flexibility index (Phi) is 4.14. The lowest BCUT2D eigenvalue weighted by atomic mass is 10.2. The van der Waals surface area contributed by atoms with Crippen LogP contribution >= 0.6 is 11.8 Å². The van der Waals surface area contributed by atoms with Gasteiger partial charge in [-0.05, 0) is 12.5 Å². The summed E-state index contributed by atoms with van der Waals surface area (Å²) in [4.78, 5) is 10.9. The number of hydrogen-bond donors (Lipinski definition) is 0. The van der Waals surface area contributed by atoms with Crippen LogP contribution in [0.1, 0.15) is 13.3 Å². The molecule has 1 unspecified atom stereocenters. The SMILES string of the molecule is COc1cc2c(N3CCSC(C)CC3)ncnc2cc1F. The van der Waals surface area contributed by atoms with E-state index in [1.807, 2.05) is 11.8 Å². The van der Waals surface area contributed by atoms with Crippen LogP contribution in [0.3, 0.4) is 0 Å². The van der Waals surface area contributed by atoms with Gasteiger partial charge in [0.25, 0.3) is 0 Å². The van der Waals surface area contributed by atoms with E-state index in [4.69, 9.17) is 4.74 Å². The molecule has 112 valence electrons. The number of fused-ring (bicyclic) bond motifs is 1. The topological polar surface area (TPSA) is 38.2 Å². The van der Waals surface area contributed by atoms with Crippen LogP contribution in [-0.2, 0) is 0 Å². The van der Waals surface area contributed by atoms with E-state index in [0.717, 1.165) is 36.5 Å². The predicted octanol–water partition coefficient (Wildman–Crippen LogP) is 3.11. The Bertz CT molecular complexity index is 652. The zero-order chi connectivity index (χ0) is 14.8. The Morgan fingerprint density at radius 2 is 2.19 bits per heavy atom. The number of halogens is 1. The van der Waals surface area contributed by atoms with Crippen LogP contribution in [0.4, 0.5) is 10.2 Å². The average Bonchev–Trinajstić information content (AvgIpc) is 2.70. The molecule has 0 amide bonds. The second-order valence-electron chi connectivity index (χ2n) is 5.16. The maximum absolute atomic E-state index is 13.8. The molecule has 1 aliphatic rings. The first kappa shape index (κ1) is 14.4. The van der Waals surface area contributed by atoms with Gasteiger partial charge in [-0.25, -0.2) is 14.4 Å². The van der Waals surface area contributed by atoms with Gasteiger partial charge in [0, 0.05) is 35.5 Å². The van der Waals surface area contributed by atoms with E-state index in [0.29, 0.717) is 10.8 Å². The first-order valence-electron chi connectivity index (χ1n) is 7.04. The Hall–Kier alpha value is -1.56. The highest BCUT2D eigenvalue weighted by Crippen LogP contribution is 2.31. The highest BCUT2D eigenvalue weighted by molar-refractivity contribution is 7.99. The van der Waals surface area contributed by atoms with Crippen LogP contribution in [0.2, 0.25) is 0 Å². The van der Waals surface area contributed by atoms with Crippen molar-refractivity contribution in [3.8, 4) is 5.75 Å². The third kappa shape index (κ3) is 2.90. The highest BCUT2D eigenvalue weighted by Gasteiger charge is 2.18. The summed E-state index contributed by atoms with van der Waals surface area (Å²) in [6.07, 6.45) is 2.62. The quantitative estimate of drug-likeness (QED) is 0.852. The number of nitrogens with zero attached hydrogens (tertiary/aromatic N) is 3. The van der Waals surface area contributed by atoms with Gasteiger partial charge in [0.1, 0.15) is 12.1 Å². The van der Waals surface area contributed by atoms with E-state index in [1.165, 1.54) is 19.5 Å². The number of ether oxygens (including phenoxy) is 1. The van der Waals surface area contributed by atoms with E-state index in [2.05, 4.69) is 21.8 Å². The summed E-state index contributed by atoms with van der Waals surface area (Å²) in [5, 5.41) is 1.50. The fraction of sp³-hybridized carbons (Fsp3) is 0.467. The Labute approximate surface area is 127 Å². The predicted molar refractivity (Wildman–Crippen MR) is 84.8 cm³/mol. The smallest absolute Gasteiger partial charge is 0.167 e. The van der Waals surface area contributed by atoms with Crippen LogP contribution in [0.5, 0.6) is 5.75 Å². The lowest BCUT2D eigenvalue weighted by molar-refractivity contribution is 0.387. The summed E-state index contributed by atoms with van der Waals surface area (Å²) in [5.41, 5.74) is 0.614. The molecule has 1 aliphatic heterocycles. The van der Waals surface area contributed by atoms with Gasteiger partial charge in [0.2, 0.25) is 0 Å². The van der Waals surface area contributed by atoms with E-state index >= 15 is 0 Å². The lowest BCUT2D eigenvalue weighted by Crippen LogP contribution is -2.27. The standard InChI is InChI=1S/C15H18FN3OS/c1-10-3-4-19(5-6-21-10)15-11-7-14(20-2)12(16)8-13(11)17-9-18-15/h7-10H,3-6H2,1-2H3. The molecule has 0 bridgehead atoms. The molecule has 0 spiro atoms. The van der Waals surface area contributed by atoms with Crippen LogP contribution in [-0.4, -0.2) is 41.2 Å². The van der Waals surface area contributed by atoms with Crippen molar-refractivity contribution in [3.63, 3.8) is 0 Å². The minimum Gasteiger partial charge on any atom is -0.494 e. The number of hydrogen-bond acceptors (Lipinski definition) is 5. The molecule has 0 saturated carbocycles. The van der Waals surface area contributed by atoms with Crippen molar-refractivity contribution in [2.45, 2.75) is 18.6 Å². The molecule has 1 fully saturated rings. The Morgan fingerprint density at radius 1 is 1.33 bits per heavy atom. The number of aromatic nitrogens is 2. The molecule has 1 aromatic carbocycles. The molecule has 1 aromatic heterocycles. The van der Waals surface area contributed by atoms with Crippen molar-refractivity contribution in [1.82, 2.24) is 9.97 Å². The molecule has 4 nitrogen and oxygen atoms in total. The van der Waals surface area contributed by atoms with E-state index in [9.17, 15) is 4.39 Å². The number of methoxy groups -OCH3 is 1. The summed E-state index contributed by atoms with van der Waals surface area (Å²) < 4.78 is 18.9. The Balaban J connectivity index is 2.05. The molecule has 1 saturated heterocycles. The fourth-order valence-electron chi connectivity index (χ4n) is 2.56. The first-order valence-corrected chi connectivity index (χ1v) is 8.08. The summed E-state index contributed by atoms with van der Waals surface area (Å²) in [6.45, 7) is 4.16. The summed E-state index contributed by atoms with van der Waals surface area (Å²) >= 11 is 1.98. The van der Waals surface area contributed by atoms with Crippen molar-refractivity contribution >= 4 is 28.5 Å². The van der Waals surface area contributed by atoms with Crippen LogP contribution in [0.15, 0.2) is 18.5 Å². The monoisotopic (exact) mass is 307 g/mol. The molecular weight excluding hydrogens is 289 g/mol. The third-order valence-electron chi connectivity index (χ3n) is 3.76. The van der Waals surface area contributed by atoms with Gasteiger partial charge in [0.05, 0.1) is 12.6 Å². The zero-order valence-corrected chi connectivity index (χ0v) is 13.0. The fourth-order valence-corrected chi connectivity index (χ4v) is 3.56. The highest BCUT2D eigenvalue weighted by atomic mass is 32.2. The molecule has 2 aromatic rings. The zero-order valence-electron chi connectivity index (χ0n) is 12.2. The van der Waals surface area contributed by atoms with E-state index < -0.39 is 5.82 Å². The van der Waals surface area contributed by atoms with E-state index in [-0.39, 0.29) is 5.75 Å². The maximum atomic E-state index is 13.8. The third-order valence-corrected chi connectivity index (χ3v) is 4.98. The molecule has 3 rings (SSSR count). The van der Waals surface area contributed by atoms with Gasteiger partial charge >= 0.3 is 0 Å². The normalized spacial score (nSPS) is 19.6. The van der Waals surface area contributed by atoms with Crippen molar-refractivity contribution in [1.29, 1.82) is 0 Å². The molecule has 21 heavy (non-hydrogen) atoms. The lowest BCUT2D eigenvalue weighted by Gasteiger charge is -2.22. The average molecular weight is 307 g/mol. The van der Waals surface area contributed by atoms with Gasteiger partial charge in [-0.3, -0.25) is 0 Å². The Morgan fingerprint density at radius 3 is 3.00 bits per heavy atom. The largest absolute Gasteiger partial charge is 0.494 e. The van der Waals surface area contributed by atoms with Gasteiger partial charge in [-0.15, -0.1) is 0 Å². The minimum absolute atomic E-state index is 0.233. The summed E-state index contributed by atoms with van der Waals surface area (Å²) in [7, 11) is 1.47. The van der Waals surface area contributed by atoms with Crippen LogP contribution in [0, 0.1) is 5.82 Å². The van der Waals surface area contributed by atoms with Gasteiger partial charge in [-0.2, -0.15) is 11.8 Å². The molecule has 0 aliphatic carbocycles. The van der Waals surface area contributed by atoms with Crippen molar-refractivity contribution < 1.29 is 9.13 Å². The second-order valence-corrected chi connectivity index (χ2v) is 6.70. The van der Waals surface area contributed by atoms with Gasteiger partial charge in [-0.1, -0.05) is 6.92 Å². The first-order chi connectivity index (χ1) is 10.2. The summed E-state index contributed by atoms with van der Waals surface area (Å²) in [6, 6.07) is 3.11. The molecule has 0 N–H and O–H groups in total. The maximum Gasteiger partial charge on any atom is 0.167 e. The number of benzene rings is 1. The van der Waals surface area contributed by atoms with Crippen molar-refractivity contribution in [3.05, 3.63) is 24.3 Å². The van der Waals surface area contributed by atoms with Crippen molar-refractivity contribution in [2.24, 2.45) is 0 Å². The van der Waals surface area contributed by atoms with Gasteiger partial charge in [0.15, 0.2) is 11.6 Å². The minimum atomic E-state index is -0.394.